The van der Waals surface area contributed by atoms with Gasteiger partial charge < -0.3 is 69.6 Å². The van der Waals surface area contributed by atoms with Crippen LogP contribution in [0.5, 0.6) is 0 Å². The van der Waals surface area contributed by atoms with E-state index in [1.54, 1.807) is 20.9 Å². The molecule has 0 radical (unpaired) electrons. The van der Waals surface area contributed by atoms with Gasteiger partial charge >= 0.3 is 7.82 Å². The fraction of sp³-hybridized carbons (Fsp3) is 0.640. The minimum absolute atomic E-state index is 0.0165. The average molecular weight is 890 g/mol. The molecule has 0 aliphatic carbocycles. The fourth-order valence-electron chi connectivity index (χ4n) is 6.26. The number of aromatic amines is 2. The van der Waals surface area contributed by atoms with Gasteiger partial charge in [-0.3, -0.25) is 41.9 Å². The molecule has 0 saturated carbocycles. The van der Waals surface area contributed by atoms with Crippen LogP contribution in [-0.2, 0) is 62.6 Å². The number of H-pyrrole nitrogens is 2. The number of aromatic nitrogens is 6. The second-order valence-electron chi connectivity index (χ2n) is 12.8. The van der Waals surface area contributed by atoms with Crippen molar-refractivity contribution < 1.29 is 75.7 Å². The molecule has 2 fully saturated rings. The van der Waals surface area contributed by atoms with E-state index in [1.807, 2.05) is 0 Å². The van der Waals surface area contributed by atoms with E-state index < -0.39 is 102 Å². The summed E-state index contributed by atoms with van der Waals surface area (Å²) in [6, 6.07) is 0. The molecule has 57 heavy (non-hydrogen) atoms. The molecule has 3 aromatic rings. The molecule has 6 rings (SSSR count). The smallest absolute Gasteiger partial charge is 0.302 e. The lowest BCUT2D eigenvalue weighted by atomic mass is 10.1. The Bertz CT molecular complexity index is 2230. The topological polar surface area (TPSA) is 395 Å². The molecule has 0 aromatic carbocycles. The minimum atomic E-state index is -5.89. The lowest BCUT2D eigenvalue weighted by molar-refractivity contribution is -0.312. The summed E-state index contributed by atoms with van der Waals surface area (Å²) in [5.74, 6) is -0.378. The maximum Gasteiger partial charge on any atom is 0.302 e. The zero-order valence-electron chi connectivity index (χ0n) is 29.9. The van der Waals surface area contributed by atoms with E-state index in [1.165, 1.54) is 21.5 Å². The van der Waals surface area contributed by atoms with E-state index >= 15 is 0 Å². The number of nitrogen functional groups attached to an aromatic ring is 2. The van der Waals surface area contributed by atoms with Crippen LogP contribution in [0.3, 0.4) is 0 Å². The van der Waals surface area contributed by atoms with Crippen LogP contribution in [0.2, 0.25) is 0 Å². The molecule has 5 unspecified atom stereocenters. The molecule has 0 spiro atoms. The van der Waals surface area contributed by atoms with Gasteiger partial charge in [0.15, 0.2) is 29.4 Å². The van der Waals surface area contributed by atoms with Crippen LogP contribution < -0.4 is 47.1 Å². The summed E-state index contributed by atoms with van der Waals surface area (Å²) in [6.07, 6.45) is -9.98. The number of hydrogen-bond donors (Lipinski definition) is 6. The highest BCUT2D eigenvalue weighted by Crippen LogP contribution is 2.63. The van der Waals surface area contributed by atoms with E-state index in [4.69, 9.17) is 39.8 Å². The zero-order valence-corrected chi connectivity index (χ0v) is 33.4. The standard InChI is InChI=1S/C25H39N10O18P3S/c1-9(2)48-16-11(50-22(15(16)37)34-7-28-12-18(34)29-24(26)31-20(12)38)5-46-51-55(42,43)53-56(44,57)52-54(40,41)47-6-10-14(36)17(45-4)23(49-10)35-8-33(3)13-19(35)30-25(27)32-21(13)39/h7,9-11,14-17,22-23,36-37H,5-6,8H2,1-4H3,(H,40,41)(H,42,43)(H,44,57)(H3,26,29,31,38)(H3,27,30,32,39)/p-3/t10-,11-,14+,15+,16?,17?,22-,23-,56?/m1/s1. The number of phosphoric ester groups is 1. The number of nitrogens with zero attached hydrogens (tertiary/aromatic N) is 6. The molecule has 2 saturated heterocycles. The van der Waals surface area contributed by atoms with Crippen molar-refractivity contribution in [2.45, 2.75) is 69.0 Å². The first-order valence-corrected chi connectivity index (χ1v) is 21.8. The summed E-state index contributed by atoms with van der Waals surface area (Å²) in [6.45, 7) is -4.06. The quantitative estimate of drug-likeness (QED) is 0.0453. The van der Waals surface area contributed by atoms with Crippen molar-refractivity contribution in [3.05, 3.63) is 27.0 Å². The van der Waals surface area contributed by atoms with Gasteiger partial charge in [0.05, 0.1) is 25.7 Å². The Morgan fingerprint density at radius 2 is 1.63 bits per heavy atom. The summed E-state index contributed by atoms with van der Waals surface area (Å²) >= 11 is 4.44. The predicted octanol–water partition coefficient (Wildman–Crippen LogP) is -4.05. The van der Waals surface area contributed by atoms with Crippen LogP contribution in [0.25, 0.3) is 11.2 Å². The predicted molar refractivity (Wildman–Crippen MR) is 188 cm³/mol. The summed E-state index contributed by atoms with van der Waals surface area (Å²) < 4.78 is 66.4. The summed E-state index contributed by atoms with van der Waals surface area (Å²) in [4.78, 5) is 86.9. The number of aliphatic hydroxyl groups is 2. The number of imidazole rings is 1. The van der Waals surface area contributed by atoms with Crippen LogP contribution in [0, 0.1) is 0 Å². The van der Waals surface area contributed by atoms with Crippen LogP contribution >= 0.6 is 22.4 Å². The van der Waals surface area contributed by atoms with E-state index in [0.717, 1.165) is 6.33 Å². The van der Waals surface area contributed by atoms with Gasteiger partial charge in [0.1, 0.15) is 55.6 Å². The van der Waals surface area contributed by atoms with Crippen LogP contribution in [0.1, 0.15) is 20.1 Å². The molecule has 6 heterocycles. The molecule has 0 bridgehead atoms. The largest absolute Gasteiger partial charge is 0.779 e. The van der Waals surface area contributed by atoms with E-state index in [-0.39, 0.29) is 41.2 Å². The Hall–Kier alpha value is -3.02. The van der Waals surface area contributed by atoms with Gasteiger partial charge in [-0.2, -0.15) is 14.6 Å². The van der Waals surface area contributed by atoms with Crippen molar-refractivity contribution in [3.63, 3.8) is 0 Å². The normalized spacial score (nSPS) is 29.5. The molecule has 318 valence electrons. The van der Waals surface area contributed by atoms with Crippen molar-refractivity contribution in [3.8, 4) is 0 Å². The number of nitrogens with two attached hydrogens (primary N) is 2. The van der Waals surface area contributed by atoms with Gasteiger partial charge in [-0.1, -0.05) is 11.8 Å². The maximum atomic E-state index is 12.7. The Balaban J connectivity index is 1.04. The number of nitrogens with one attached hydrogen (secondary N) is 2. The Morgan fingerprint density at radius 1 is 0.982 bits per heavy atom. The van der Waals surface area contributed by atoms with Crippen molar-refractivity contribution in [1.29, 1.82) is 0 Å². The first kappa shape index (κ1) is 43.6. The van der Waals surface area contributed by atoms with E-state index in [2.05, 4.69) is 50.0 Å². The lowest BCUT2D eigenvalue weighted by Gasteiger charge is -2.37. The summed E-state index contributed by atoms with van der Waals surface area (Å²) in [5.41, 5.74) is 10.1. The molecule has 3 aliphatic heterocycles. The molecule has 32 heteroatoms. The van der Waals surface area contributed by atoms with Gasteiger partial charge in [-0.25, -0.2) is 9.87 Å². The molecule has 3 aromatic heterocycles. The third-order valence-electron chi connectivity index (χ3n) is 8.44. The SMILES string of the molecule is COC1[C@@H](O)[C@@H](COP(=O)([O-])OP([O-])(=S)OP(=O)([O-])OOC[C@H]2O[C@@H](n3cnc4c(=O)[nH]c(N)nc43)[C@@H](O)C2OC(C)C)O[C@H]1N1CN(C)c2c1nc(N)[nH]c2=O. The average Bonchev–Trinajstić information content (AvgIpc) is 3.81. The number of phosphoric acid groups is 2. The molecule has 0 amide bonds. The van der Waals surface area contributed by atoms with Gasteiger partial charge in [0, 0.05) is 14.2 Å². The summed E-state index contributed by atoms with van der Waals surface area (Å²) in [5, 5.41) is 21.9. The Kier molecular flexibility index (Phi) is 12.7. The number of fused-ring (bicyclic) bond motifs is 2. The van der Waals surface area contributed by atoms with Crippen molar-refractivity contribution in [1.82, 2.24) is 29.5 Å². The van der Waals surface area contributed by atoms with Gasteiger partial charge in [-0.15, -0.1) is 0 Å². The highest BCUT2D eigenvalue weighted by Gasteiger charge is 2.50. The third kappa shape index (κ3) is 9.41. The molecule has 3 aliphatic rings. The maximum absolute atomic E-state index is 12.7. The number of aliphatic hydroxyl groups excluding tert-OH is 2. The van der Waals surface area contributed by atoms with Crippen molar-refractivity contribution in [2.75, 3.05) is 55.3 Å². The lowest BCUT2D eigenvalue weighted by Crippen LogP contribution is -2.46. The van der Waals surface area contributed by atoms with Crippen molar-refractivity contribution in [2.24, 2.45) is 0 Å². The number of methoxy groups -OCH3 is 1. The number of hydrogen-bond acceptors (Lipinski definition) is 26. The Morgan fingerprint density at radius 3 is 2.32 bits per heavy atom. The van der Waals surface area contributed by atoms with E-state index in [0.29, 0.717) is 0 Å². The highest BCUT2D eigenvalue weighted by atomic mass is 32.5. The molecule has 11 atom stereocenters. The Labute approximate surface area is 324 Å². The minimum Gasteiger partial charge on any atom is -0.779 e. The zero-order chi connectivity index (χ0) is 41.8. The second kappa shape index (κ2) is 16.6. The number of anilines is 4. The first-order chi connectivity index (χ1) is 26.6. The van der Waals surface area contributed by atoms with Gasteiger partial charge in [0.25, 0.3) is 18.9 Å². The molecule has 28 nitrogen and oxygen atoms in total. The number of rotatable bonds is 16. The highest BCUT2D eigenvalue weighted by molar-refractivity contribution is 8.09. The second-order valence-corrected chi connectivity index (χ2v) is 18.6. The number of ether oxygens (including phenoxy) is 4. The molecule has 8 N–H and O–H groups in total. The van der Waals surface area contributed by atoms with Crippen LogP contribution in [0.4, 0.5) is 23.4 Å². The first-order valence-electron chi connectivity index (χ1n) is 16.4. The fourth-order valence-corrected chi connectivity index (χ4v) is 10.9. The monoisotopic (exact) mass is 889 g/mol. The van der Waals surface area contributed by atoms with Crippen LogP contribution in [-0.4, -0.2) is 123 Å². The third-order valence-corrected chi connectivity index (χ3v) is 13.6. The van der Waals surface area contributed by atoms with E-state index in [9.17, 15) is 43.6 Å². The van der Waals surface area contributed by atoms with Gasteiger partial charge in [0.2, 0.25) is 11.9 Å². The van der Waals surface area contributed by atoms with Gasteiger partial charge in [-0.05, 0) is 13.8 Å². The molecular formula is C25H36N10O18P3S-3. The molecular weight excluding hydrogens is 853 g/mol. The summed E-state index contributed by atoms with van der Waals surface area (Å²) in [7, 11) is -8.88. The van der Waals surface area contributed by atoms with Crippen molar-refractivity contribution >= 4 is 68.7 Å². The van der Waals surface area contributed by atoms with Crippen LogP contribution in [0.15, 0.2) is 15.9 Å².